The molecule has 0 saturated carbocycles. The molecule has 0 fully saturated rings. The number of hydrogen-bond donors (Lipinski definition) is 0. The summed E-state index contributed by atoms with van der Waals surface area (Å²) in [6.07, 6.45) is 0. The van der Waals surface area contributed by atoms with Gasteiger partial charge in [-0.05, 0) is 35.6 Å². The van der Waals surface area contributed by atoms with Gasteiger partial charge in [0.15, 0.2) is 0 Å². The van der Waals surface area contributed by atoms with Crippen LogP contribution in [0.5, 0.6) is 17.2 Å². The zero-order valence-corrected chi connectivity index (χ0v) is 18.3. The zero-order chi connectivity index (χ0) is 20.6. The second kappa shape index (κ2) is 10.6. The Morgan fingerprint density at radius 2 is 1.76 bits per heavy atom. The summed E-state index contributed by atoms with van der Waals surface area (Å²) >= 11 is 8.25. The van der Waals surface area contributed by atoms with Gasteiger partial charge in [-0.25, -0.2) is 4.98 Å². The maximum absolute atomic E-state index is 6.61. The molecule has 1 aromatic heterocycles. The van der Waals surface area contributed by atoms with E-state index in [1.807, 2.05) is 42.5 Å². The molecule has 5 nitrogen and oxygen atoms in total. The Morgan fingerprint density at radius 3 is 2.45 bits per heavy atom. The normalized spacial score (nSPS) is 10.9. The largest absolute Gasteiger partial charge is 0.497 e. The summed E-state index contributed by atoms with van der Waals surface area (Å²) < 4.78 is 22.1. The molecule has 0 N–H and O–H groups in total. The molecule has 0 radical (unpaired) electrons. The Bertz CT molecular complexity index is 950. The van der Waals surface area contributed by atoms with Gasteiger partial charge in [-0.2, -0.15) is 0 Å². The third-order valence-electron chi connectivity index (χ3n) is 4.21. The van der Waals surface area contributed by atoms with Crippen molar-refractivity contribution in [3.63, 3.8) is 0 Å². The van der Waals surface area contributed by atoms with Crippen LogP contribution in [-0.2, 0) is 11.3 Å². The highest BCUT2D eigenvalue weighted by Gasteiger charge is 2.14. The first-order chi connectivity index (χ1) is 14.2. The van der Waals surface area contributed by atoms with E-state index in [4.69, 9.17) is 35.5 Å². The van der Waals surface area contributed by atoms with E-state index < -0.39 is 0 Å². The van der Waals surface area contributed by atoms with Crippen molar-refractivity contribution in [1.29, 1.82) is 0 Å². The Morgan fingerprint density at radius 1 is 0.966 bits per heavy atom. The van der Waals surface area contributed by atoms with E-state index in [-0.39, 0.29) is 0 Å². The quantitative estimate of drug-likeness (QED) is 0.306. The molecule has 0 saturated heterocycles. The summed E-state index contributed by atoms with van der Waals surface area (Å²) in [6, 6.07) is 13.5. The number of rotatable bonds is 10. The minimum Gasteiger partial charge on any atom is -0.497 e. The molecule has 3 aromatic rings. The van der Waals surface area contributed by atoms with E-state index >= 15 is 0 Å². The molecule has 0 atom stereocenters. The van der Waals surface area contributed by atoms with E-state index in [1.165, 1.54) is 0 Å². The first-order valence-corrected chi connectivity index (χ1v) is 10.7. The number of aromatic nitrogens is 1. The minimum absolute atomic E-state index is 0.423. The SMILES string of the molecule is CCSc1cc(OCc2ccc(OC)cc2)c2ccc(OCCOC)c(Cl)c2n1. The predicted molar refractivity (Wildman–Crippen MR) is 118 cm³/mol. The number of hydrogen-bond acceptors (Lipinski definition) is 6. The average Bonchev–Trinajstić information content (AvgIpc) is 2.75. The van der Waals surface area contributed by atoms with Gasteiger partial charge in [-0.1, -0.05) is 30.7 Å². The van der Waals surface area contributed by atoms with Crippen LogP contribution in [0.3, 0.4) is 0 Å². The second-order valence-corrected chi connectivity index (χ2v) is 7.81. The summed E-state index contributed by atoms with van der Waals surface area (Å²) in [4.78, 5) is 4.71. The third-order valence-corrected chi connectivity index (χ3v) is 5.37. The summed E-state index contributed by atoms with van der Waals surface area (Å²) in [5, 5.41) is 2.19. The van der Waals surface area contributed by atoms with Gasteiger partial charge in [0.25, 0.3) is 0 Å². The van der Waals surface area contributed by atoms with E-state index in [0.29, 0.717) is 36.1 Å². The minimum atomic E-state index is 0.423. The Labute approximate surface area is 180 Å². The number of fused-ring (bicyclic) bond motifs is 1. The first kappa shape index (κ1) is 21.6. The summed E-state index contributed by atoms with van der Waals surface area (Å²) in [5.74, 6) is 3.05. The van der Waals surface area contributed by atoms with Crippen molar-refractivity contribution in [2.45, 2.75) is 18.6 Å². The van der Waals surface area contributed by atoms with Crippen LogP contribution in [0.4, 0.5) is 0 Å². The van der Waals surface area contributed by atoms with Gasteiger partial charge < -0.3 is 18.9 Å². The molecule has 3 rings (SSSR count). The molecule has 7 heteroatoms. The number of halogens is 1. The van der Waals surface area contributed by atoms with Crippen LogP contribution in [0.2, 0.25) is 5.02 Å². The van der Waals surface area contributed by atoms with Crippen LogP contribution in [0, 0.1) is 0 Å². The predicted octanol–water partition coefficient (Wildman–Crippen LogP) is 5.61. The fourth-order valence-corrected chi connectivity index (χ4v) is 3.66. The molecular formula is C22H24ClNO4S. The molecule has 1 heterocycles. The monoisotopic (exact) mass is 433 g/mol. The second-order valence-electron chi connectivity index (χ2n) is 6.14. The molecule has 29 heavy (non-hydrogen) atoms. The van der Waals surface area contributed by atoms with Crippen molar-refractivity contribution in [3.8, 4) is 17.2 Å². The molecule has 0 aliphatic carbocycles. The number of methoxy groups -OCH3 is 2. The maximum atomic E-state index is 6.61. The molecule has 0 spiro atoms. The van der Waals surface area contributed by atoms with Gasteiger partial charge in [0, 0.05) is 18.6 Å². The molecule has 0 unspecified atom stereocenters. The van der Waals surface area contributed by atoms with Crippen molar-refractivity contribution >= 4 is 34.3 Å². The lowest BCUT2D eigenvalue weighted by Crippen LogP contribution is -2.05. The van der Waals surface area contributed by atoms with Gasteiger partial charge in [-0.3, -0.25) is 0 Å². The number of nitrogens with zero attached hydrogens (tertiary/aromatic N) is 1. The average molecular weight is 434 g/mol. The lowest BCUT2D eigenvalue weighted by atomic mass is 10.2. The van der Waals surface area contributed by atoms with Gasteiger partial charge in [0.1, 0.15) is 40.5 Å². The summed E-state index contributed by atoms with van der Waals surface area (Å²) in [7, 11) is 3.28. The van der Waals surface area contributed by atoms with E-state index in [0.717, 1.165) is 33.2 Å². The third kappa shape index (κ3) is 5.47. The smallest absolute Gasteiger partial charge is 0.140 e. The van der Waals surface area contributed by atoms with E-state index in [9.17, 15) is 0 Å². The lowest BCUT2D eigenvalue weighted by Gasteiger charge is -2.14. The maximum Gasteiger partial charge on any atom is 0.140 e. The van der Waals surface area contributed by atoms with Gasteiger partial charge >= 0.3 is 0 Å². The van der Waals surface area contributed by atoms with Crippen LogP contribution < -0.4 is 14.2 Å². The van der Waals surface area contributed by atoms with Crippen molar-refractivity contribution in [1.82, 2.24) is 4.98 Å². The Hall–Kier alpha value is -2.15. The Balaban J connectivity index is 1.90. The number of thioether (sulfide) groups is 1. The van der Waals surface area contributed by atoms with Crippen LogP contribution in [0.15, 0.2) is 47.5 Å². The molecule has 0 aliphatic heterocycles. The molecule has 0 aliphatic rings. The molecule has 154 valence electrons. The lowest BCUT2D eigenvalue weighted by molar-refractivity contribution is 0.146. The van der Waals surface area contributed by atoms with E-state index in [2.05, 4.69) is 6.92 Å². The van der Waals surface area contributed by atoms with Gasteiger partial charge in [0.05, 0.1) is 19.2 Å². The van der Waals surface area contributed by atoms with Crippen molar-refractivity contribution in [3.05, 3.63) is 53.1 Å². The summed E-state index contributed by atoms with van der Waals surface area (Å²) in [5.41, 5.74) is 1.72. The molecule has 0 amide bonds. The molecular weight excluding hydrogens is 410 g/mol. The zero-order valence-electron chi connectivity index (χ0n) is 16.7. The highest BCUT2D eigenvalue weighted by molar-refractivity contribution is 7.99. The Kier molecular flexibility index (Phi) is 7.86. The standard InChI is InChI=1S/C22H24ClNO4S/c1-4-29-20-13-19(28-14-15-5-7-16(26-3)8-6-15)17-9-10-18(27-12-11-25-2)21(23)22(17)24-20/h5-10,13H,4,11-12,14H2,1-3H3. The van der Waals surface area contributed by atoms with Crippen LogP contribution in [-0.4, -0.2) is 38.2 Å². The fraction of sp³-hybridized carbons (Fsp3) is 0.318. The summed E-state index contributed by atoms with van der Waals surface area (Å²) in [6.45, 7) is 3.43. The van der Waals surface area contributed by atoms with Crippen molar-refractivity contribution in [2.24, 2.45) is 0 Å². The molecule has 0 bridgehead atoms. The van der Waals surface area contributed by atoms with Crippen LogP contribution in [0.25, 0.3) is 10.9 Å². The van der Waals surface area contributed by atoms with Gasteiger partial charge in [-0.15, -0.1) is 11.8 Å². The van der Waals surface area contributed by atoms with Crippen molar-refractivity contribution in [2.75, 3.05) is 33.2 Å². The highest BCUT2D eigenvalue weighted by atomic mass is 35.5. The van der Waals surface area contributed by atoms with Crippen molar-refractivity contribution < 1.29 is 18.9 Å². The fourth-order valence-electron chi connectivity index (χ4n) is 2.76. The highest BCUT2D eigenvalue weighted by Crippen LogP contribution is 2.38. The number of ether oxygens (including phenoxy) is 4. The first-order valence-electron chi connectivity index (χ1n) is 9.29. The van der Waals surface area contributed by atoms with Crippen LogP contribution in [0.1, 0.15) is 12.5 Å². The van der Waals surface area contributed by atoms with Gasteiger partial charge in [0.2, 0.25) is 0 Å². The number of pyridine rings is 1. The number of benzene rings is 2. The van der Waals surface area contributed by atoms with E-state index in [1.54, 1.807) is 26.0 Å². The van der Waals surface area contributed by atoms with Crippen LogP contribution >= 0.6 is 23.4 Å². The molecule has 2 aromatic carbocycles. The topological polar surface area (TPSA) is 49.8 Å².